The number of nitrogens with one attached hydrogen (secondary N) is 1. The summed E-state index contributed by atoms with van der Waals surface area (Å²) in [6.07, 6.45) is 0.680. The molecule has 0 radical (unpaired) electrons. The molecule has 0 bridgehead atoms. The SMILES string of the molecule is CCCN(CC(=O)Nc1cc(Cl)ccc1Cl)C(=O)c1cc(Cl)ccc1OC. The molecule has 2 aromatic rings. The highest BCUT2D eigenvalue weighted by atomic mass is 35.5. The van der Waals surface area contributed by atoms with Crippen molar-refractivity contribution in [2.75, 3.05) is 25.5 Å². The maximum atomic E-state index is 12.9. The molecule has 2 rings (SSSR count). The number of carbonyl (C=O) groups excluding carboxylic acids is 2. The zero-order valence-corrected chi connectivity index (χ0v) is 17.2. The van der Waals surface area contributed by atoms with Gasteiger partial charge in [-0.1, -0.05) is 41.7 Å². The Kier molecular flexibility index (Phi) is 7.78. The molecular weight excluding hydrogens is 411 g/mol. The number of rotatable bonds is 7. The lowest BCUT2D eigenvalue weighted by Crippen LogP contribution is -2.38. The summed E-state index contributed by atoms with van der Waals surface area (Å²) in [6.45, 7) is 2.16. The van der Waals surface area contributed by atoms with Gasteiger partial charge in [0.05, 0.1) is 23.4 Å². The number of carbonyl (C=O) groups is 2. The Morgan fingerprint density at radius 1 is 1.07 bits per heavy atom. The van der Waals surface area contributed by atoms with Crippen LogP contribution < -0.4 is 10.1 Å². The van der Waals surface area contributed by atoms with E-state index in [-0.39, 0.29) is 18.4 Å². The second kappa shape index (κ2) is 9.83. The van der Waals surface area contributed by atoms with Crippen LogP contribution in [-0.2, 0) is 4.79 Å². The number of anilines is 1. The largest absolute Gasteiger partial charge is 0.496 e. The van der Waals surface area contributed by atoms with Crippen molar-refractivity contribution in [2.45, 2.75) is 13.3 Å². The topological polar surface area (TPSA) is 58.6 Å². The second-order valence-corrected chi connectivity index (χ2v) is 7.02. The summed E-state index contributed by atoms with van der Waals surface area (Å²) in [5.41, 5.74) is 0.686. The van der Waals surface area contributed by atoms with Crippen LogP contribution in [0.2, 0.25) is 15.1 Å². The fourth-order valence-corrected chi connectivity index (χ4v) is 3.01. The lowest BCUT2D eigenvalue weighted by molar-refractivity contribution is -0.116. The molecule has 27 heavy (non-hydrogen) atoms. The zero-order chi connectivity index (χ0) is 20.0. The number of hydrogen-bond acceptors (Lipinski definition) is 3. The van der Waals surface area contributed by atoms with Crippen LogP contribution >= 0.6 is 34.8 Å². The van der Waals surface area contributed by atoms with Crippen molar-refractivity contribution in [1.29, 1.82) is 0 Å². The smallest absolute Gasteiger partial charge is 0.258 e. The van der Waals surface area contributed by atoms with Crippen molar-refractivity contribution in [2.24, 2.45) is 0 Å². The van der Waals surface area contributed by atoms with Crippen molar-refractivity contribution in [1.82, 2.24) is 4.90 Å². The summed E-state index contributed by atoms with van der Waals surface area (Å²) in [6, 6.07) is 9.54. The molecular formula is C19H19Cl3N2O3. The van der Waals surface area contributed by atoms with Gasteiger partial charge < -0.3 is 15.0 Å². The summed E-state index contributed by atoms with van der Waals surface area (Å²) in [5.74, 6) is -0.339. The van der Waals surface area contributed by atoms with Gasteiger partial charge in [-0.15, -0.1) is 0 Å². The predicted molar refractivity (Wildman–Crippen MR) is 109 cm³/mol. The van der Waals surface area contributed by atoms with Gasteiger partial charge in [0.25, 0.3) is 5.91 Å². The first-order chi connectivity index (χ1) is 12.8. The highest BCUT2D eigenvalue weighted by molar-refractivity contribution is 6.35. The quantitative estimate of drug-likeness (QED) is 0.662. The third-order valence-electron chi connectivity index (χ3n) is 3.71. The van der Waals surface area contributed by atoms with Crippen LogP contribution in [0.15, 0.2) is 36.4 Å². The summed E-state index contributed by atoms with van der Waals surface area (Å²) in [4.78, 5) is 26.8. The van der Waals surface area contributed by atoms with E-state index in [0.29, 0.717) is 45.0 Å². The van der Waals surface area contributed by atoms with Gasteiger partial charge in [-0.25, -0.2) is 0 Å². The fourth-order valence-electron chi connectivity index (χ4n) is 2.50. The van der Waals surface area contributed by atoms with Crippen molar-refractivity contribution < 1.29 is 14.3 Å². The van der Waals surface area contributed by atoms with Crippen LogP contribution in [0.1, 0.15) is 23.7 Å². The molecule has 144 valence electrons. The number of benzene rings is 2. The highest BCUT2D eigenvalue weighted by Gasteiger charge is 2.22. The second-order valence-electron chi connectivity index (χ2n) is 5.74. The Hall–Kier alpha value is -1.95. The molecule has 0 aliphatic heterocycles. The van der Waals surface area contributed by atoms with Crippen LogP contribution in [-0.4, -0.2) is 36.9 Å². The predicted octanol–water partition coefficient (Wildman–Crippen LogP) is 5.15. The number of methoxy groups -OCH3 is 1. The number of ether oxygens (including phenoxy) is 1. The average molecular weight is 430 g/mol. The summed E-state index contributed by atoms with van der Waals surface area (Å²) < 4.78 is 5.24. The average Bonchev–Trinajstić information content (AvgIpc) is 2.63. The standard InChI is InChI=1S/C19H19Cl3N2O3/c1-3-8-24(19(26)14-9-12(20)5-7-17(14)27-2)11-18(25)23-16-10-13(21)4-6-15(16)22/h4-7,9-10H,3,8,11H2,1-2H3,(H,23,25). The lowest BCUT2D eigenvalue weighted by Gasteiger charge is -2.23. The van der Waals surface area contributed by atoms with Gasteiger partial charge in [-0.3, -0.25) is 9.59 Å². The minimum absolute atomic E-state index is 0.148. The Morgan fingerprint density at radius 2 is 1.74 bits per heavy atom. The third-order valence-corrected chi connectivity index (χ3v) is 4.51. The summed E-state index contributed by atoms with van der Waals surface area (Å²) >= 11 is 18.0. The molecule has 0 spiro atoms. The van der Waals surface area contributed by atoms with E-state index in [1.54, 1.807) is 30.3 Å². The maximum Gasteiger partial charge on any atom is 0.258 e. The Bertz CT molecular complexity index is 843. The summed E-state index contributed by atoms with van der Waals surface area (Å²) in [7, 11) is 1.47. The molecule has 0 unspecified atom stereocenters. The minimum atomic E-state index is -0.387. The van der Waals surface area contributed by atoms with Gasteiger partial charge in [0, 0.05) is 16.6 Å². The molecule has 0 aliphatic rings. The van der Waals surface area contributed by atoms with Crippen LogP contribution in [0.25, 0.3) is 0 Å². The lowest BCUT2D eigenvalue weighted by atomic mass is 10.1. The van der Waals surface area contributed by atoms with Gasteiger partial charge in [-0.05, 0) is 42.8 Å². The number of hydrogen-bond donors (Lipinski definition) is 1. The molecule has 0 saturated heterocycles. The first-order valence-corrected chi connectivity index (χ1v) is 9.36. The first kappa shape index (κ1) is 21.4. The number of halogens is 3. The third kappa shape index (κ3) is 5.76. The number of nitrogens with zero attached hydrogens (tertiary/aromatic N) is 1. The van der Waals surface area contributed by atoms with Crippen LogP contribution in [0.3, 0.4) is 0 Å². The van der Waals surface area contributed by atoms with Gasteiger partial charge in [0.2, 0.25) is 5.91 Å². The van der Waals surface area contributed by atoms with Crippen molar-refractivity contribution >= 4 is 52.3 Å². The molecule has 2 amide bonds. The van der Waals surface area contributed by atoms with Crippen LogP contribution in [0, 0.1) is 0 Å². The van der Waals surface area contributed by atoms with Crippen molar-refractivity contribution in [3.05, 3.63) is 57.0 Å². The normalized spacial score (nSPS) is 10.4. The first-order valence-electron chi connectivity index (χ1n) is 8.23. The minimum Gasteiger partial charge on any atom is -0.496 e. The Morgan fingerprint density at radius 3 is 2.41 bits per heavy atom. The van der Waals surface area contributed by atoms with Crippen molar-refractivity contribution in [3.63, 3.8) is 0 Å². The van der Waals surface area contributed by atoms with Gasteiger partial charge in [-0.2, -0.15) is 0 Å². The molecule has 0 atom stereocenters. The molecule has 2 aromatic carbocycles. The molecule has 0 aliphatic carbocycles. The van der Waals surface area contributed by atoms with E-state index >= 15 is 0 Å². The molecule has 0 heterocycles. The zero-order valence-electron chi connectivity index (χ0n) is 14.9. The van der Waals surface area contributed by atoms with Crippen LogP contribution in [0.5, 0.6) is 5.75 Å². The fraction of sp³-hybridized carbons (Fsp3) is 0.263. The van der Waals surface area contributed by atoms with E-state index in [4.69, 9.17) is 39.5 Å². The van der Waals surface area contributed by atoms with E-state index < -0.39 is 0 Å². The van der Waals surface area contributed by atoms with Crippen LogP contribution in [0.4, 0.5) is 5.69 Å². The van der Waals surface area contributed by atoms with E-state index in [2.05, 4.69) is 5.32 Å². The highest BCUT2D eigenvalue weighted by Crippen LogP contribution is 2.26. The van der Waals surface area contributed by atoms with Gasteiger partial charge in [0.15, 0.2) is 0 Å². The molecule has 1 N–H and O–H groups in total. The molecule has 0 aromatic heterocycles. The van der Waals surface area contributed by atoms with E-state index in [1.165, 1.54) is 18.1 Å². The van der Waals surface area contributed by atoms with Crippen molar-refractivity contribution in [3.8, 4) is 5.75 Å². The molecule has 0 fully saturated rings. The monoisotopic (exact) mass is 428 g/mol. The van der Waals surface area contributed by atoms with E-state index in [1.807, 2.05) is 6.92 Å². The van der Waals surface area contributed by atoms with Gasteiger partial charge >= 0.3 is 0 Å². The molecule has 5 nitrogen and oxygen atoms in total. The maximum absolute atomic E-state index is 12.9. The molecule has 8 heteroatoms. The Balaban J connectivity index is 2.19. The Labute approximate surface area is 173 Å². The summed E-state index contributed by atoms with van der Waals surface area (Å²) in [5, 5.41) is 3.89. The number of amides is 2. The van der Waals surface area contributed by atoms with E-state index in [0.717, 1.165) is 0 Å². The van der Waals surface area contributed by atoms with E-state index in [9.17, 15) is 9.59 Å². The molecule has 0 saturated carbocycles. The van der Waals surface area contributed by atoms with Gasteiger partial charge in [0.1, 0.15) is 12.3 Å².